The summed E-state index contributed by atoms with van der Waals surface area (Å²) in [5.41, 5.74) is -1.14. The molecule has 0 amide bonds. The molecule has 1 aliphatic heterocycles. The Morgan fingerprint density at radius 2 is 2.00 bits per heavy atom. The van der Waals surface area contributed by atoms with Crippen LogP contribution in [0.3, 0.4) is 0 Å². The molecule has 2 rings (SSSR count). The van der Waals surface area contributed by atoms with E-state index in [9.17, 15) is 4.79 Å². The third-order valence-electron chi connectivity index (χ3n) is 4.75. The van der Waals surface area contributed by atoms with Crippen molar-refractivity contribution < 1.29 is 14.3 Å². The van der Waals surface area contributed by atoms with E-state index in [-0.39, 0.29) is 17.0 Å². The maximum atomic E-state index is 11.9. The Morgan fingerprint density at radius 1 is 1.40 bits per heavy atom. The highest BCUT2D eigenvalue weighted by atomic mass is 16.7. The summed E-state index contributed by atoms with van der Waals surface area (Å²) in [5.74, 6) is 0.272. The van der Waals surface area contributed by atoms with Gasteiger partial charge in [0.1, 0.15) is 5.60 Å². The molecule has 0 spiro atoms. The molecule has 0 unspecified atom stereocenters. The first-order chi connectivity index (χ1) is 6.82. The van der Waals surface area contributed by atoms with Crippen LogP contribution in [0.2, 0.25) is 0 Å². The second kappa shape index (κ2) is 2.76. The molecule has 86 valence electrons. The Morgan fingerprint density at radius 3 is 2.53 bits per heavy atom. The van der Waals surface area contributed by atoms with Crippen LogP contribution in [0.5, 0.6) is 0 Å². The number of hydrogen-bond acceptors (Lipinski definition) is 3. The van der Waals surface area contributed by atoms with Crippen LogP contribution in [0.25, 0.3) is 0 Å². The number of methoxy groups -OCH3 is 1. The number of epoxide rings is 1. The zero-order valence-electron chi connectivity index (χ0n) is 10.2. The Bertz CT molecular complexity index is 310. The molecule has 0 bridgehead atoms. The minimum atomic E-state index is -0.702. The van der Waals surface area contributed by atoms with E-state index >= 15 is 0 Å². The zero-order valence-corrected chi connectivity index (χ0v) is 10.2. The zero-order chi connectivity index (χ0) is 11.5. The minimum absolute atomic E-state index is 0.146. The number of carbonyl (C=O) groups is 1. The van der Waals surface area contributed by atoms with E-state index in [0.29, 0.717) is 5.92 Å². The first kappa shape index (κ1) is 10.9. The molecule has 1 saturated carbocycles. The highest BCUT2D eigenvalue weighted by molar-refractivity contribution is 5.86. The van der Waals surface area contributed by atoms with Gasteiger partial charge in [-0.15, -0.1) is 0 Å². The average molecular weight is 212 g/mol. The molecule has 0 aromatic heterocycles. The lowest BCUT2D eigenvalue weighted by Gasteiger charge is -2.41. The van der Waals surface area contributed by atoms with Gasteiger partial charge in [-0.1, -0.05) is 20.8 Å². The normalized spacial score (nSPS) is 46.9. The van der Waals surface area contributed by atoms with Gasteiger partial charge < -0.3 is 9.47 Å². The van der Waals surface area contributed by atoms with Crippen LogP contribution >= 0.6 is 0 Å². The number of esters is 1. The molecule has 1 saturated heterocycles. The van der Waals surface area contributed by atoms with Crippen molar-refractivity contribution in [2.24, 2.45) is 11.3 Å². The molecule has 0 N–H and O–H groups in total. The quantitative estimate of drug-likeness (QED) is 0.494. The van der Waals surface area contributed by atoms with Gasteiger partial charge in [-0.3, -0.25) is 0 Å². The Labute approximate surface area is 91.1 Å². The Kier molecular flexibility index (Phi) is 2.01. The molecule has 3 nitrogen and oxygen atoms in total. The van der Waals surface area contributed by atoms with Crippen molar-refractivity contribution >= 4 is 5.97 Å². The standard InChI is InChI=1S/C12H20O3/c1-8-6-7-11(4)12(15-11,9(13)14-5)10(8,2)3/h8H,6-7H2,1-5H3/t8-,11-,12+/m0/s1. The second-order valence-electron chi connectivity index (χ2n) is 5.67. The topological polar surface area (TPSA) is 38.8 Å². The third-order valence-corrected chi connectivity index (χ3v) is 4.75. The molecular formula is C12H20O3. The number of fused-ring (bicyclic) bond motifs is 1. The molecule has 2 aliphatic rings. The Hall–Kier alpha value is -0.570. The molecular weight excluding hydrogens is 192 g/mol. The van der Waals surface area contributed by atoms with Crippen molar-refractivity contribution in [3.63, 3.8) is 0 Å². The van der Waals surface area contributed by atoms with Crippen molar-refractivity contribution in [1.82, 2.24) is 0 Å². The fraction of sp³-hybridized carbons (Fsp3) is 0.917. The molecule has 0 aromatic carbocycles. The molecule has 2 fully saturated rings. The largest absolute Gasteiger partial charge is 0.467 e. The van der Waals surface area contributed by atoms with E-state index in [1.54, 1.807) is 0 Å². The van der Waals surface area contributed by atoms with Gasteiger partial charge in [-0.05, 0) is 25.7 Å². The van der Waals surface area contributed by atoms with Crippen molar-refractivity contribution in [1.29, 1.82) is 0 Å². The van der Waals surface area contributed by atoms with Gasteiger partial charge in [-0.25, -0.2) is 4.79 Å². The smallest absolute Gasteiger partial charge is 0.341 e. The predicted molar refractivity (Wildman–Crippen MR) is 56.4 cm³/mol. The molecule has 0 aromatic rings. The van der Waals surface area contributed by atoms with Crippen LogP contribution in [-0.4, -0.2) is 24.3 Å². The van der Waals surface area contributed by atoms with Crippen molar-refractivity contribution in [3.8, 4) is 0 Å². The summed E-state index contributed by atoms with van der Waals surface area (Å²) < 4.78 is 10.7. The maximum Gasteiger partial charge on any atom is 0.341 e. The lowest BCUT2D eigenvalue weighted by Crippen LogP contribution is -2.52. The summed E-state index contributed by atoms with van der Waals surface area (Å²) >= 11 is 0. The number of carbonyl (C=O) groups excluding carboxylic acids is 1. The molecule has 3 atom stereocenters. The second-order valence-corrected chi connectivity index (χ2v) is 5.67. The highest BCUT2D eigenvalue weighted by Crippen LogP contribution is 2.67. The number of ether oxygens (including phenoxy) is 2. The van der Waals surface area contributed by atoms with Crippen molar-refractivity contribution in [2.75, 3.05) is 7.11 Å². The first-order valence-corrected chi connectivity index (χ1v) is 5.60. The summed E-state index contributed by atoms with van der Waals surface area (Å²) in [5, 5.41) is 0. The molecule has 1 aliphatic carbocycles. The van der Waals surface area contributed by atoms with E-state index in [2.05, 4.69) is 20.8 Å². The van der Waals surface area contributed by atoms with Gasteiger partial charge in [0.2, 0.25) is 0 Å². The summed E-state index contributed by atoms with van der Waals surface area (Å²) in [6, 6.07) is 0. The SMILES string of the molecule is COC(=O)[C@]12O[C@@]1(C)CC[C@H](C)C2(C)C. The first-order valence-electron chi connectivity index (χ1n) is 5.60. The van der Waals surface area contributed by atoms with Gasteiger partial charge in [0.15, 0.2) is 5.60 Å². The summed E-state index contributed by atoms with van der Waals surface area (Å²) in [6.07, 6.45) is 2.06. The summed E-state index contributed by atoms with van der Waals surface area (Å²) in [4.78, 5) is 11.9. The monoisotopic (exact) mass is 212 g/mol. The van der Waals surface area contributed by atoms with Gasteiger partial charge >= 0.3 is 5.97 Å². The lowest BCUT2D eigenvalue weighted by atomic mass is 9.59. The van der Waals surface area contributed by atoms with Gasteiger partial charge in [0.05, 0.1) is 7.11 Å². The van der Waals surface area contributed by atoms with E-state index < -0.39 is 5.60 Å². The van der Waals surface area contributed by atoms with E-state index in [0.717, 1.165) is 12.8 Å². The van der Waals surface area contributed by atoms with E-state index in [1.165, 1.54) is 7.11 Å². The van der Waals surface area contributed by atoms with Crippen LogP contribution in [-0.2, 0) is 14.3 Å². The lowest BCUT2D eigenvalue weighted by molar-refractivity contribution is -0.154. The minimum Gasteiger partial charge on any atom is -0.467 e. The van der Waals surface area contributed by atoms with Crippen LogP contribution in [0, 0.1) is 11.3 Å². The van der Waals surface area contributed by atoms with Gasteiger partial charge in [0.25, 0.3) is 0 Å². The van der Waals surface area contributed by atoms with Crippen LogP contribution in [0.15, 0.2) is 0 Å². The number of rotatable bonds is 1. The molecule has 1 heterocycles. The third kappa shape index (κ3) is 1.02. The Balaban J connectivity index is 2.41. The molecule has 15 heavy (non-hydrogen) atoms. The van der Waals surface area contributed by atoms with E-state index in [1.807, 2.05) is 6.92 Å². The van der Waals surface area contributed by atoms with Crippen LogP contribution < -0.4 is 0 Å². The maximum absolute atomic E-state index is 11.9. The summed E-state index contributed by atoms with van der Waals surface area (Å²) in [6.45, 7) is 8.43. The van der Waals surface area contributed by atoms with Gasteiger partial charge in [0, 0.05) is 5.41 Å². The van der Waals surface area contributed by atoms with Crippen LogP contribution in [0.4, 0.5) is 0 Å². The molecule has 3 heteroatoms. The predicted octanol–water partition coefficient (Wildman–Crippen LogP) is 2.14. The van der Waals surface area contributed by atoms with Crippen molar-refractivity contribution in [2.45, 2.75) is 51.7 Å². The van der Waals surface area contributed by atoms with Crippen LogP contribution in [0.1, 0.15) is 40.5 Å². The number of hydrogen-bond donors (Lipinski definition) is 0. The molecule has 0 radical (unpaired) electrons. The van der Waals surface area contributed by atoms with Crippen molar-refractivity contribution in [3.05, 3.63) is 0 Å². The van der Waals surface area contributed by atoms with E-state index in [4.69, 9.17) is 9.47 Å². The fourth-order valence-corrected chi connectivity index (χ4v) is 3.22. The average Bonchev–Trinajstić information content (AvgIpc) is 2.82. The highest BCUT2D eigenvalue weighted by Gasteiger charge is 2.81. The fourth-order valence-electron chi connectivity index (χ4n) is 3.22. The van der Waals surface area contributed by atoms with Gasteiger partial charge in [-0.2, -0.15) is 0 Å². The summed E-state index contributed by atoms with van der Waals surface area (Å²) in [7, 11) is 1.44.